The third-order valence-electron chi connectivity index (χ3n) is 8.23. The molecular weight excluding hydrogens is 528 g/mol. The minimum Gasteiger partial charge on any atom is -0.494 e. The van der Waals surface area contributed by atoms with Gasteiger partial charge in [-0.05, 0) is 89.5 Å². The number of fused-ring (bicyclic) bond motifs is 13. The van der Waals surface area contributed by atoms with E-state index >= 15 is 0 Å². The van der Waals surface area contributed by atoms with E-state index in [1.54, 1.807) is 0 Å². The second kappa shape index (κ2) is 10.4. The monoisotopic (exact) mass is 560 g/mol. The van der Waals surface area contributed by atoms with Crippen molar-refractivity contribution in [1.29, 1.82) is 0 Å². The molecule has 0 atom stereocenters. The Hall–Kier alpha value is -5.42. The Morgan fingerprint density at radius 1 is 0.605 bits per heavy atom. The van der Waals surface area contributed by atoms with Crippen LogP contribution in [0.3, 0.4) is 0 Å². The fraction of sp³-hybridized carbons (Fsp3) is 0.105. The maximum atomic E-state index is 5.94. The van der Waals surface area contributed by atoms with E-state index in [-0.39, 0.29) is 0 Å². The van der Waals surface area contributed by atoms with Gasteiger partial charge in [0.25, 0.3) is 0 Å². The SMILES string of the molecule is CCCCOc1ccc(-c2cc3[nH]c2C=c2[nH]c(c4c2ccc2ccccc24)=Cc2ccc([nH]2)C=c2ccc([nH]2)=C3)cc1. The minimum absolute atomic E-state index is 0.741. The molecule has 1 aliphatic heterocycles. The third-order valence-corrected chi connectivity index (χ3v) is 8.23. The van der Waals surface area contributed by atoms with Gasteiger partial charge in [-0.15, -0.1) is 0 Å². The van der Waals surface area contributed by atoms with E-state index in [4.69, 9.17) is 4.74 Å². The smallest absolute Gasteiger partial charge is 0.119 e. The van der Waals surface area contributed by atoms with Gasteiger partial charge in [0.2, 0.25) is 0 Å². The number of ether oxygens (including phenoxy) is 1. The fourth-order valence-electron chi connectivity index (χ4n) is 6.10. The zero-order valence-corrected chi connectivity index (χ0v) is 24.0. The molecule has 4 aromatic heterocycles. The van der Waals surface area contributed by atoms with E-state index in [9.17, 15) is 0 Å². The van der Waals surface area contributed by atoms with E-state index in [1.165, 1.54) is 21.5 Å². The highest BCUT2D eigenvalue weighted by Gasteiger charge is 2.12. The first-order valence-electron chi connectivity index (χ1n) is 15.0. The largest absolute Gasteiger partial charge is 0.494 e. The molecule has 3 aromatic carbocycles. The summed E-state index contributed by atoms with van der Waals surface area (Å²) >= 11 is 0. The maximum Gasteiger partial charge on any atom is 0.119 e. The third kappa shape index (κ3) is 4.79. The summed E-state index contributed by atoms with van der Waals surface area (Å²) in [5, 5.41) is 9.09. The molecule has 1 aliphatic rings. The average Bonchev–Trinajstić information content (AvgIpc) is 3.82. The Labute approximate surface area is 248 Å². The molecule has 5 heterocycles. The number of aromatic nitrogens is 4. The lowest BCUT2D eigenvalue weighted by atomic mass is 10.0. The van der Waals surface area contributed by atoms with Crippen LogP contribution >= 0.6 is 0 Å². The molecular formula is C38H32N4O. The molecule has 4 N–H and O–H groups in total. The van der Waals surface area contributed by atoms with Crippen molar-refractivity contribution in [2.45, 2.75) is 19.8 Å². The molecule has 0 saturated heterocycles. The first-order valence-corrected chi connectivity index (χ1v) is 15.0. The van der Waals surface area contributed by atoms with Crippen LogP contribution in [0.5, 0.6) is 5.75 Å². The molecule has 5 heteroatoms. The van der Waals surface area contributed by atoms with Gasteiger partial charge in [-0.1, -0.05) is 61.9 Å². The number of benzene rings is 3. The van der Waals surface area contributed by atoms with E-state index in [0.717, 1.165) is 80.5 Å². The molecule has 7 aromatic rings. The molecule has 210 valence electrons. The van der Waals surface area contributed by atoms with E-state index in [1.807, 2.05) is 0 Å². The topological polar surface area (TPSA) is 72.4 Å². The zero-order valence-electron chi connectivity index (χ0n) is 24.0. The lowest BCUT2D eigenvalue weighted by molar-refractivity contribution is 0.309. The van der Waals surface area contributed by atoms with Crippen molar-refractivity contribution in [3.8, 4) is 16.9 Å². The minimum atomic E-state index is 0.741. The Kier molecular flexibility index (Phi) is 6.15. The Morgan fingerprint density at radius 3 is 2.23 bits per heavy atom. The van der Waals surface area contributed by atoms with Crippen molar-refractivity contribution in [2.24, 2.45) is 0 Å². The van der Waals surface area contributed by atoms with Crippen LogP contribution in [0, 0.1) is 0 Å². The normalized spacial score (nSPS) is 12.4. The number of unbranched alkanes of at least 4 members (excludes halogenated alkanes) is 1. The first-order chi connectivity index (χ1) is 21.2. The summed E-state index contributed by atoms with van der Waals surface area (Å²) in [6, 6.07) is 32.2. The highest BCUT2D eigenvalue weighted by atomic mass is 16.5. The summed E-state index contributed by atoms with van der Waals surface area (Å²) in [6.45, 7) is 2.92. The van der Waals surface area contributed by atoms with Gasteiger partial charge < -0.3 is 24.7 Å². The molecule has 0 unspecified atom stereocenters. The number of H-pyrrole nitrogens is 4. The second-order valence-corrected chi connectivity index (χ2v) is 11.3. The summed E-state index contributed by atoms with van der Waals surface area (Å²) in [5.74, 6) is 0.903. The highest BCUT2D eigenvalue weighted by molar-refractivity contribution is 6.08. The van der Waals surface area contributed by atoms with Gasteiger partial charge in [-0.3, -0.25) is 0 Å². The van der Waals surface area contributed by atoms with Crippen LogP contribution in [0.1, 0.15) is 42.5 Å². The fourth-order valence-corrected chi connectivity index (χ4v) is 6.10. The van der Waals surface area contributed by atoms with Crippen LogP contribution in [0.15, 0.2) is 91.0 Å². The molecule has 8 bridgehead atoms. The van der Waals surface area contributed by atoms with Gasteiger partial charge in [-0.25, -0.2) is 0 Å². The number of hydrogen-bond donors (Lipinski definition) is 4. The van der Waals surface area contributed by atoms with Gasteiger partial charge in [0.1, 0.15) is 5.75 Å². The molecule has 8 rings (SSSR count). The summed E-state index contributed by atoms with van der Waals surface area (Å²) in [5.41, 5.74) is 6.43. The van der Waals surface area contributed by atoms with E-state index < -0.39 is 0 Å². The number of nitrogens with one attached hydrogen (secondary N) is 4. The van der Waals surface area contributed by atoms with Crippen LogP contribution < -0.4 is 26.1 Å². The molecule has 5 nitrogen and oxygen atoms in total. The summed E-state index contributed by atoms with van der Waals surface area (Å²) in [7, 11) is 0. The van der Waals surface area contributed by atoms with Crippen LogP contribution in [0.25, 0.3) is 57.0 Å². The Morgan fingerprint density at radius 2 is 1.40 bits per heavy atom. The van der Waals surface area contributed by atoms with Gasteiger partial charge >= 0.3 is 0 Å². The molecule has 0 radical (unpaired) electrons. The molecule has 43 heavy (non-hydrogen) atoms. The Balaban J connectivity index is 1.39. The van der Waals surface area contributed by atoms with Crippen molar-refractivity contribution in [2.75, 3.05) is 6.61 Å². The first kappa shape index (κ1) is 25.3. The molecule has 0 spiro atoms. The molecule has 0 saturated carbocycles. The van der Waals surface area contributed by atoms with E-state index in [0.29, 0.717) is 0 Å². The quantitative estimate of drug-likeness (QED) is 0.198. The number of hydrogen-bond acceptors (Lipinski definition) is 1. The van der Waals surface area contributed by atoms with Crippen LogP contribution in [0.2, 0.25) is 0 Å². The van der Waals surface area contributed by atoms with Gasteiger partial charge in [-0.2, -0.15) is 0 Å². The zero-order chi connectivity index (χ0) is 28.8. The molecule has 0 aliphatic carbocycles. The average molecular weight is 561 g/mol. The summed E-state index contributed by atoms with van der Waals surface area (Å²) < 4.78 is 5.94. The van der Waals surface area contributed by atoms with Crippen LogP contribution in [-0.4, -0.2) is 26.5 Å². The van der Waals surface area contributed by atoms with Crippen molar-refractivity contribution >= 4 is 45.8 Å². The Bertz CT molecular complexity index is 2360. The van der Waals surface area contributed by atoms with Crippen molar-refractivity contribution in [3.63, 3.8) is 0 Å². The van der Waals surface area contributed by atoms with Crippen LogP contribution in [0.4, 0.5) is 0 Å². The van der Waals surface area contributed by atoms with Gasteiger partial charge in [0.05, 0.1) is 6.61 Å². The maximum absolute atomic E-state index is 5.94. The van der Waals surface area contributed by atoms with Gasteiger partial charge in [0.15, 0.2) is 0 Å². The lowest BCUT2D eigenvalue weighted by Crippen LogP contribution is -2.11. The molecule has 0 amide bonds. The lowest BCUT2D eigenvalue weighted by Gasteiger charge is -2.06. The van der Waals surface area contributed by atoms with Gasteiger partial charge in [0, 0.05) is 60.5 Å². The number of aromatic amines is 4. The highest BCUT2D eigenvalue weighted by Crippen LogP contribution is 2.28. The second-order valence-electron chi connectivity index (χ2n) is 11.3. The molecule has 0 fully saturated rings. The number of rotatable bonds is 5. The summed E-state index contributed by atoms with van der Waals surface area (Å²) in [6.07, 6.45) is 10.9. The van der Waals surface area contributed by atoms with Crippen molar-refractivity contribution in [3.05, 3.63) is 135 Å². The van der Waals surface area contributed by atoms with Crippen molar-refractivity contribution < 1.29 is 4.74 Å². The predicted octanol–water partition coefficient (Wildman–Crippen LogP) is 5.78. The standard InChI is InChI=1S/C38H32N4O/c1-2-3-18-43-31-15-8-25(9-16-31)34-21-30-20-28-12-11-26(39-28)19-27-13-14-29(40-27)22-37-38-32-7-5-4-6-24(32)10-17-33(38)35(42-37)23-36(34)41-30/h4-17,19-23,39-42H,2-3,18H2,1H3. The van der Waals surface area contributed by atoms with E-state index in [2.05, 4.69) is 142 Å². The summed E-state index contributed by atoms with van der Waals surface area (Å²) in [4.78, 5) is 14.6. The predicted molar refractivity (Wildman–Crippen MR) is 177 cm³/mol. The van der Waals surface area contributed by atoms with Crippen molar-refractivity contribution in [1.82, 2.24) is 19.9 Å². The van der Waals surface area contributed by atoms with Crippen LogP contribution in [-0.2, 0) is 0 Å².